The van der Waals surface area contributed by atoms with Crippen molar-refractivity contribution < 1.29 is 13.2 Å². The zero-order valence-corrected chi connectivity index (χ0v) is 13.7. The highest BCUT2D eigenvalue weighted by Crippen LogP contribution is 2.23. The van der Waals surface area contributed by atoms with Gasteiger partial charge in [-0.15, -0.1) is 0 Å². The number of carbonyl (C=O) groups is 1. The highest BCUT2D eigenvalue weighted by Gasteiger charge is 2.30. The second-order valence-electron chi connectivity index (χ2n) is 4.76. The Balaban J connectivity index is 2.20. The Labute approximate surface area is 131 Å². The van der Waals surface area contributed by atoms with Crippen LogP contribution in [0.25, 0.3) is 0 Å². The fourth-order valence-electron chi connectivity index (χ4n) is 2.25. The molecular formula is C12H14BrClN2O3S. The highest BCUT2D eigenvalue weighted by atomic mass is 79.9. The van der Waals surface area contributed by atoms with E-state index in [0.717, 1.165) is 0 Å². The van der Waals surface area contributed by atoms with E-state index in [4.69, 9.17) is 16.7 Å². The van der Waals surface area contributed by atoms with Gasteiger partial charge in [-0.05, 0) is 31.0 Å². The summed E-state index contributed by atoms with van der Waals surface area (Å²) in [7, 11) is -3.62. The normalized spacial score (nSPS) is 19.9. The minimum absolute atomic E-state index is 0.127. The third-order valence-corrected chi connectivity index (χ3v) is 5.23. The van der Waals surface area contributed by atoms with E-state index in [0.29, 0.717) is 34.4 Å². The van der Waals surface area contributed by atoms with Gasteiger partial charge in [0.05, 0.1) is 5.25 Å². The summed E-state index contributed by atoms with van der Waals surface area (Å²) in [5.74, 6) is -0.235. The summed E-state index contributed by atoms with van der Waals surface area (Å²) in [6.45, 7) is 0.650. The Morgan fingerprint density at radius 1 is 1.40 bits per heavy atom. The summed E-state index contributed by atoms with van der Waals surface area (Å²) >= 11 is 9.20. The summed E-state index contributed by atoms with van der Waals surface area (Å²) in [4.78, 5) is 13.9. The Bertz CT molecular complexity index is 615. The van der Waals surface area contributed by atoms with Gasteiger partial charge < -0.3 is 4.90 Å². The number of rotatable bonds is 2. The summed E-state index contributed by atoms with van der Waals surface area (Å²) in [5, 5.41) is 4.92. The van der Waals surface area contributed by atoms with Gasteiger partial charge in [-0.2, -0.15) is 0 Å². The molecule has 1 aliphatic heterocycles. The Morgan fingerprint density at radius 3 is 2.70 bits per heavy atom. The van der Waals surface area contributed by atoms with Crippen molar-refractivity contribution in [3.8, 4) is 0 Å². The lowest BCUT2D eigenvalue weighted by molar-refractivity contribution is 0.0727. The first-order chi connectivity index (χ1) is 9.27. The third-order valence-electron chi connectivity index (χ3n) is 3.24. The van der Waals surface area contributed by atoms with Gasteiger partial charge in [0.1, 0.15) is 0 Å². The van der Waals surface area contributed by atoms with Crippen LogP contribution in [0, 0.1) is 0 Å². The first-order valence-corrected chi connectivity index (χ1v) is 8.82. The van der Waals surface area contributed by atoms with Crippen molar-refractivity contribution in [2.24, 2.45) is 5.14 Å². The minimum Gasteiger partial charge on any atom is -0.337 e. The lowest BCUT2D eigenvalue weighted by Crippen LogP contribution is -2.47. The van der Waals surface area contributed by atoms with Crippen LogP contribution >= 0.6 is 27.5 Å². The van der Waals surface area contributed by atoms with Crippen LogP contribution < -0.4 is 5.14 Å². The van der Waals surface area contributed by atoms with E-state index in [1.807, 2.05) is 0 Å². The molecule has 1 fully saturated rings. The zero-order chi connectivity index (χ0) is 14.9. The van der Waals surface area contributed by atoms with Crippen LogP contribution in [0.15, 0.2) is 22.7 Å². The molecular weight excluding hydrogens is 368 g/mol. The van der Waals surface area contributed by atoms with Crippen molar-refractivity contribution in [1.82, 2.24) is 4.90 Å². The number of likely N-dealkylation sites (tertiary alicyclic amines) is 1. The lowest BCUT2D eigenvalue weighted by atomic mass is 10.1. The molecule has 0 bridgehead atoms. The molecule has 1 aromatic carbocycles. The number of amides is 1. The molecule has 0 radical (unpaired) electrons. The van der Waals surface area contributed by atoms with Gasteiger partial charge in [-0.3, -0.25) is 4.79 Å². The van der Waals surface area contributed by atoms with Gasteiger partial charge in [0.25, 0.3) is 5.91 Å². The standard InChI is InChI=1S/C12H14BrClN2O3S/c13-9-4-8(5-10(14)6-9)12(17)16-3-1-2-11(7-16)20(15,18)19/h4-6,11H,1-3,7H2,(H2,15,18,19). The lowest BCUT2D eigenvalue weighted by Gasteiger charge is -2.31. The predicted octanol–water partition coefficient (Wildman–Crippen LogP) is 2.00. The van der Waals surface area contributed by atoms with Gasteiger partial charge in [-0.25, -0.2) is 13.6 Å². The first kappa shape index (κ1) is 15.8. The third kappa shape index (κ3) is 3.72. The number of sulfonamides is 1. The molecule has 1 heterocycles. The maximum atomic E-state index is 12.4. The van der Waals surface area contributed by atoms with E-state index in [9.17, 15) is 13.2 Å². The number of nitrogens with zero attached hydrogens (tertiary/aromatic N) is 1. The maximum absolute atomic E-state index is 12.4. The summed E-state index contributed by atoms with van der Waals surface area (Å²) in [6.07, 6.45) is 1.11. The largest absolute Gasteiger partial charge is 0.337 e. The second-order valence-corrected chi connectivity index (χ2v) is 7.96. The molecule has 20 heavy (non-hydrogen) atoms. The molecule has 1 saturated heterocycles. The fourth-order valence-corrected chi connectivity index (χ4v) is 3.99. The maximum Gasteiger partial charge on any atom is 0.253 e. The molecule has 110 valence electrons. The van der Waals surface area contributed by atoms with E-state index < -0.39 is 15.3 Å². The molecule has 0 saturated carbocycles. The average Bonchev–Trinajstić information content (AvgIpc) is 2.36. The monoisotopic (exact) mass is 380 g/mol. The van der Waals surface area contributed by atoms with Crippen molar-refractivity contribution in [3.05, 3.63) is 33.3 Å². The van der Waals surface area contributed by atoms with Gasteiger partial charge in [0.15, 0.2) is 0 Å². The van der Waals surface area contributed by atoms with E-state index in [2.05, 4.69) is 15.9 Å². The Kier molecular flexibility index (Phi) is 4.73. The number of primary sulfonamides is 1. The molecule has 5 nitrogen and oxygen atoms in total. The second kappa shape index (κ2) is 6.01. The molecule has 1 atom stereocenters. The Hall–Kier alpha value is -0.630. The van der Waals surface area contributed by atoms with E-state index in [1.165, 1.54) is 4.90 Å². The van der Waals surface area contributed by atoms with Gasteiger partial charge in [0.2, 0.25) is 10.0 Å². The van der Waals surface area contributed by atoms with Gasteiger partial charge >= 0.3 is 0 Å². The average molecular weight is 382 g/mol. The molecule has 0 aromatic heterocycles. The molecule has 0 aliphatic carbocycles. The number of halogens is 2. The number of hydrogen-bond donors (Lipinski definition) is 1. The van der Waals surface area contributed by atoms with Crippen molar-refractivity contribution in [2.75, 3.05) is 13.1 Å². The quantitative estimate of drug-likeness (QED) is 0.851. The van der Waals surface area contributed by atoms with Crippen LogP contribution in [0.1, 0.15) is 23.2 Å². The molecule has 1 unspecified atom stereocenters. The van der Waals surface area contributed by atoms with Crippen molar-refractivity contribution >= 4 is 43.5 Å². The minimum atomic E-state index is -3.62. The van der Waals surface area contributed by atoms with Crippen molar-refractivity contribution in [2.45, 2.75) is 18.1 Å². The highest BCUT2D eigenvalue weighted by molar-refractivity contribution is 9.10. The van der Waals surface area contributed by atoms with Gasteiger partial charge in [0, 0.05) is 28.1 Å². The molecule has 0 spiro atoms. The summed E-state index contributed by atoms with van der Waals surface area (Å²) in [5.41, 5.74) is 0.430. The van der Waals surface area contributed by atoms with Crippen LogP contribution in [-0.4, -0.2) is 37.6 Å². The molecule has 2 N–H and O–H groups in total. The zero-order valence-electron chi connectivity index (χ0n) is 10.6. The number of piperidine rings is 1. The van der Waals surface area contributed by atoms with Crippen LogP contribution in [0.4, 0.5) is 0 Å². The summed E-state index contributed by atoms with van der Waals surface area (Å²) < 4.78 is 23.5. The van der Waals surface area contributed by atoms with E-state index >= 15 is 0 Å². The van der Waals surface area contributed by atoms with Crippen LogP contribution in [-0.2, 0) is 10.0 Å². The fraction of sp³-hybridized carbons (Fsp3) is 0.417. The molecule has 1 amide bonds. The smallest absolute Gasteiger partial charge is 0.253 e. The molecule has 1 aromatic rings. The predicted molar refractivity (Wildman–Crippen MR) is 81.2 cm³/mol. The Morgan fingerprint density at radius 2 is 2.10 bits per heavy atom. The molecule has 8 heteroatoms. The van der Waals surface area contributed by atoms with E-state index in [-0.39, 0.29) is 12.5 Å². The number of benzene rings is 1. The number of carbonyl (C=O) groups excluding carboxylic acids is 1. The van der Waals surface area contributed by atoms with Crippen molar-refractivity contribution in [3.63, 3.8) is 0 Å². The number of hydrogen-bond acceptors (Lipinski definition) is 3. The van der Waals surface area contributed by atoms with Crippen molar-refractivity contribution in [1.29, 1.82) is 0 Å². The van der Waals surface area contributed by atoms with Crippen LogP contribution in [0.2, 0.25) is 5.02 Å². The number of nitrogens with two attached hydrogens (primary N) is 1. The molecule has 1 aliphatic rings. The van der Waals surface area contributed by atoms with Gasteiger partial charge in [-0.1, -0.05) is 27.5 Å². The topological polar surface area (TPSA) is 80.5 Å². The molecule has 2 rings (SSSR count). The van der Waals surface area contributed by atoms with E-state index in [1.54, 1.807) is 18.2 Å². The van der Waals surface area contributed by atoms with Crippen LogP contribution in [0.5, 0.6) is 0 Å². The summed E-state index contributed by atoms with van der Waals surface area (Å²) in [6, 6.07) is 4.91. The van der Waals surface area contributed by atoms with Crippen LogP contribution in [0.3, 0.4) is 0 Å². The first-order valence-electron chi connectivity index (χ1n) is 6.04. The SMILES string of the molecule is NS(=O)(=O)C1CCCN(C(=O)c2cc(Cl)cc(Br)c2)C1.